The molecule has 2 aromatic rings. The molecule has 0 aromatic heterocycles. The van der Waals surface area contributed by atoms with Gasteiger partial charge in [0, 0.05) is 74.0 Å². The highest BCUT2D eigenvalue weighted by atomic mass is 32.2. The maximum atomic E-state index is 14.3. The number of rotatable bonds is 9. The van der Waals surface area contributed by atoms with Gasteiger partial charge in [0.15, 0.2) is 0 Å². The number of hydrogen-bond acceptors (Lipinski definition) is 6. The zero-order chi connectivity index (χ0) is 24.0. The van der Waals surface area contributed by atoms with Gasteiger partial charge in [-0.2, -0.15) is 0 Å². The van der Waals surface area contributed by atoms with E-state index in [0.29, 0.717) is 70.6 Å². The Kier molecular flexibility index (Phi) is 8.58. The summed E-state index contributed by atoms with van der Waals surface area (Å²) in [5, 5.41) is 0. The lowest BCUT2D eigenvalue weighted by Gasteiger charge is -2.47. The van der Waals surface area contributed by atoms with Crippen LogP contribution in [0.4, 0.5) is 0 Å². The monoisotopic (exact) mass is 500 g/mol. The molecule has 8 heteroatoms. The van der Waals surface area contributed by atoms with Crippen molar-refractivity contribution >= 4 is 33.2 Å². The normalized spacial score (nSPS) is 21.6. The number of Topliss-reactive ketones (excluding diaryl/α,β-unsaturated/α-hetero) is 2. The maximum Gasteiger partial charge on any atom is 0.135 e. The van der Waals surface area contributed by atoms with Gasteiger partial charge in [0.25, 0.3) is 0 Å². The summed E-state index contributed by atoms with van der Waals surface area (Å²) in [4.78, 5) is 29.0. The first kappa shape index (κ1) is 25.1. The molecule has 4 rings (SSSR count). The summed E-state index contributed by atoms with van der Waals surface area (Å²) in [6, 6.07) is 18.8. The van der Waals surface area contributed by atoms with E-state index in [2.05, 4.69) is 9.80 Å². The van der Waals surface area contributed by atoms with Crippen LogP contribution in [-0.2, 0) is 31.2 Å². The summed E-state index contributed by atoms with van der Waals surface area (Å²) in [6.07, 6.45) is 2.35. The van der Waals surface area contributed by atoms with Crippen LogP contribution in [0, 0.1) is 0 Å². The standard InChI is InChI=1S/C26H32N2O4S2/c29-22-11-16-27(17-12-22)21-26(28-18-13-23(30)14-19-28,34(32)25-9-5-2-6-10-25)15-20-33(31)24-7-3-1-4-8-24/h1-10H,11-21H2. The molecular formula is C26H32N2O4S2. The summed E-state index contributed by atoms with van der Waals surface area (Å²) in [5.74, 6) is 0.867. The van der Waals surface area contributed by atoms with Gasteiger partial charge in [-0.15, -0.1) is 0 Å². The van der Waals surface area contributed by atoms with Crippen LogP contribution in [0.2, 0.25) is 0 Å². The van der Waals surface area contributed by atoms with Gasteiger partial charge in [-0.05, 0) is 30.7 Å². The van der Waals surface area contributed by atoms with E-state index in [-0.39, 0.29) is 11.6 Å². The Morgan fingerprint density at radius 1 is 0.706 bits per heavy atom. The second kappa shape index (κ2) is 11.6. The molecule has 0 N–H and O–H groups in total. The minimum absolute atomic E-state index is 0.229. The molecule has 2 aromatic carbocycles. The maximum absolute atomic E-state index is 14.3. The highest BCUT2D eigenvalue weighted by Gasteiger charge is 2.46. The molecule has 2 saturated heterocycles. The number of hydrogen-bond donors (Lipinski definition) is 0. The molecule has 0 radical (unpaired) electrons. The number of nitrogens with zero attached hydrogens (tertiary/aromatic N) is 2. The zero-order valence-electron chi connectivity index (χ0n) is 19.4. The fourth-order valence-corrected chi connectivity index (χ4v) is 7.98. The predicted molar refractivity (Wildman–Crippen MR) is 134 cm³/mol. The molecule has 2 aliphatic rings. The Morgan fingerprint density at radius 2 is 1.21 bits per heavy atom. The smallest absolute Gasteiger partial charge is 0.135 e. The third kappa shape index (κ3) is 5.97. The molecular weight excluding hydrogens is 468 g/mol. The highest BCUT2D eigenvalue weighted by Crippen LogP contribution is 2.34. The minimum atomic E-state index is -1.42. The SMILES string of the molecule is O=C1CCN(CC(CCS(=O)c2ccccc2)(N2CCC(=O)CC2)S(=O)c2ccccc2)CC1. The van der Waals surface area contributed by atoms with Gasteiger partial charge in [-0.25, -0.2) is 0 Å². The molecule has 6 nitrogen and oxygen atoms in total. The number of carbonyl (C=O) groups excluding carboxylic acids is 2. The van der Waals surface area contributed by atoms with Crippen molar-refractivity contribution in [3.8, 4) is 0 Å². The Balaban J connectivity index is 1.68. The van der Waals surface area contributed by atoms with Crippen molar-refractivity contribution in [1.29, 1.82) is 0 Å². The van der Waals surface area contributed by atoms with E-state index >= 15 is 0 Å². The van der Waals surface area contributed by atoms with Crippen LogP contribution in [-0.4, -0.2) is 73.1 Å². The topological polar surface area (TPSA) is 74.8 Å². The van der Waals surface area contributed by atoms with E-state index in [0.717, 1.165) is 9.79 Å². The van der Waals surface area contributed by atoms with Crippen LogP contribution in [0.15, 0.2) is 70.5 Å². The quantitative estimate of drug-likeness (QED) is 0.527. The second-order valence-electron chi connectivity index (χ2n) is 8.98. The van der Waals surface area contributed by atoms with Crippen molar-refractivity contribution in [3.63, 3.8) is 0 Å². The number of ketones is 2. The molecule has 3 atom stereocenters. The number of benzene rings is 2. The summed E-state index contributed by atoms with van der Waals surface area (Å²) in [5.41, 5.74) is 0. The largest absolute Gasteiger partial charge is 0.300 e. The minimum Gasteiger partial charge on any atom is -0.300 e. The van der Waals surface area contributed by atoms with E-state index in [1.807, 2.05) is 60.7 Å². The van der Waals surface area contributed by atoms with Gasteiger partial charge in [0.05, 0.1) is 21.6 Å². The highest BCUT2D eigenvalue weighted by molar-refractivity contribution is 7.87. The summed E-state index contributed by atoms with van der Waals surface area (Å²) >= 11 is 0. The van der Waals surface area contributed by atoms with Gasteiger partial charge in [-0.1, -0.05) is 36.4 Å². The molecule has 0 aliphatic carbocycles. The van der Waals surface area contributed by atoms with Crippen molar-refractivity contribution in [3.05, 3.63) is 60.7 Å². The summed E-state index contributed by atoms with van der Waals surface area (Å²) < 4.78 is 27.5. The number of piperidine rings is 2. The Morgan fingerprint density at radius 3 is 1.76 bits per heavy atom. The summed E-state index contributed by atoms with van der Waals surface area (Å²) in [6.45, 7) is 2.88. The van der Waals surface area contributed by atoms with Crippen molar-refractivity contribution in [2.75, 3.05) is 38.5 Å². The average Bonchev–Trinajstić information content (AvgIpc) is 2.88. The van der Waals surface area contributed by atoms with Crippen LogP contribution >= 0.6 is 0 Å². The molecule has 2 fully saturated rings. The molecule has 0 bridgehead atoms. The van der Waals surface area contributed by atoms with E-state index in [1.54, 1.807) is 0 Å². The lowest BCUT2D eigenvalue weighted by molar-refractivity contribution is -0.123. The van der Waals surface area contributed by atoms with Crippen LogP contribution in [0.25, 0.3) is 0 Å². The fraction of sp³-hybridized carbons (Fsp3) is 0.462. The molecule has 2 heterocycles. The fourth-order valence-electron chi connectivity index (χ4n) is 4.79. The Labute approximate surface area is 206 Å². The van der Waals surface area contributed by atoms with Crippen LogP contribution in [0.3, 0.4) is 0 Å². The van der Waals surface area contributed by atoms with Crippen LogP contribution in [0.1, 0.15) is 32.1 Å². The molecule has 34 heavy (non-hydrogen) atoms. The van der Waals surface area contributed by atoms with Crippen LogP contribution < -0.4 is 0 Å². The summed E-state index contributed by atoms with van der Waals surface area (Å²) in [7, 11) is -2.65. The number of likely N-dealkylation sites (tertiary alicyclic amines) is 2. The molecule has 2 aliphatic heterocycles. The van der Waals surface area contributed by atoms with E-state index in [4.69, 9.17) is 0 Å². The van der Waals surface area contributed by atoms with Crippen molar-refractivity contribution < 1.29 is 18.0 Å². The lowest BCUT2D eigenvalue weighted by atomic mass is 10.0. The van der Waals surface area contributed by atoms with Gasteiger partial charge < -0.3 is 0 Å². The third-order valence-corrected chi connectivity index (χ3v) is 10.1. The van der Waals surface area contributed by atoms with Gasteiger partial charge in [0.1, 0.15) is 16.4 Å². The van der Waals surface area contributed by atoms with Crippen molar-refractivity contribution in [2.24, 2.45) is 0 Å². The first-order valence-corrected chi connectivity index (χ1v) is 14.4. The first-order valence-electron chi connectivity index (χ1n) is 11.9. The lowest BCUT2D eigenvalue weighted by Crippen LogP contribution is -2.61. The van der Waals surface area contributed by atoms with Crippen LogP contribution in [0.5, 0.6) is 0 Å². The van der Waals surface area contributed by atoms with Gasteiger partial charge >= 0.3 is 0 Å². The van der Waals surface area contributed by atoms with E-state index in [9.17, 15) is 18.0 Å². The van der Waals surface area contributed by atoms with E-state index < -0.39 is 26.5 Å². The first-order chi connectivity index (χ1) is 16.5. The molecule has 0 amide bonds. The third-order valence-electron chi connectivity index (χ3n) is 6.77. The van der Waals surface area contributed by atoms with Crippen molar-refractivity contribution in [2.45, 2.75) is 46.8 Å². The average molecular weight is 501 g/mol. The molecule has 182 valence electrons. The molecule has 3 unspecified atom stereocenters. The molecule has 0 saturated carbocycles. The number of carbonyl (C=O) groups is 2. The predicted octanol–water partition coefficient (Wildman–Crippen LogP) is 3.02. The van der Waals surface area contributed by atoms with Gasteiger partial charge in [0.2, 0.25) is 0 Å². The Hall–Kier alpha value is -2.00. The zero-order valence-corrected chi connectivity index (χ0v) is 21.0. The van der Waals surface area contributed by atoms with E-state index in [1.165, 1.54) is 0 Å². The Bertz CT molecular complexity index is 1030. The van der Waals surface area contributed by atoms with Crippen molar-refractivity contribution in [1.82, 2.24) is 9.80 Å². The molecule has 0 spiro atoms. The van der Waals surface area contributed by atoms with Gasteiger partial charge in [-0.3, -0.25) is 27.8 Å². The second-order valence-corrected chi connectivity index (χ2v) is 12.3.